The van der Waals surface area contributed by atoms with Gasteiger partial charge in [-0.05, 0) is 18.2 Å². The van der Waals surface area contributed by atoms with E-state index in [-0.39, 0.29) is 29.4 Å². The maximum Gasteiger partial charge on any atom is 0.251 e. The predicted octanol–water partition coefficient (Wildman–Crippen LogP) is 0.599. The SMILES string of the molecule is CN1C(=O)CC(Nc2ccc(C#N)c(C#N)c2)C1=O. The van der Waals surface area contributed by atoms with E-state index in [0.29, 0.717) is 5.69 Å². The molecule has 2 amide bonds. The number of nitriles is 2. The minimum absolute atomic E-state index is 0.0945. The van der Waals surface area contributed by atoms with Crippen LogP contribution < -0.4 is 5.32 Å². The van der Waals surface area contributed by atoms with Crippen LogP contribution in [0.3, 0.4) is 0 Å². The molecule has 2 rings (SSSR count). The van der Waals surface area contributed by atoms with Crippen LogP contribution in [-0.2, 0) is 9.59 Å². The van der Waals surface area contributed by atoms with Crippen molar-refractivity contribution in [2.24, 2.45) is 0 Å². The summed E-state index contributed by atoms with van der Waals surface area (Å²) in [7, 11) is 1.44. The molecule has 19 heavy (non-hydrogen) atoms. The van der Waals surface area contributed by atoms with Crippen molar-refractivity contribution in [3.05, 3.63) is 29.3 Å². The topological polar surface area (TPSA) is 97.0 Å². The fraction of sp³-hybridized carbons (Fsp3) is 0.231. The van der Waals surface area contributed by atoms with Gasteiger partial charge in [0.15, 0.2) is 0 Å². The van der Waals surface area contributed by atoms with Gasteiger partial charge < -0.3 is 5.32 Å². The number of nitrogens with one attached hydrogen (secondary N) is 1. The van der Waals surface area contributed by atoms with Gasteiger partial charge in [-0.2, -0.15) is 10.5 Å². The van der Waals surface area contributed by atoms with Gasteiger partial charge in [0.1, 0.15) is 18.2 Å². The van der Waals surface area contributed by atoms with Crippen LogP contribution in [0.2, 0.25) is 0 Å². The van der Waals surface area contributed by atoms with E-state index in [2.05, 4.69) is 5.32 Å². The molecule has 1 atom stereocenters. The van der Waals surface area contributed by atoms with E-state index in [1.54, 1.807) is 6.07 Å². The molecule has 6 nitrogen and oxygen atoms in total. The number of benzene rings is 1. The van der Waals surface area contributed by atoms with Gasteiger partial charge in [0.05, 0.1) is 17.5 Å². The van der Waals surface area contributed by atoms with E-state index in [1.165, 1.54) is 19.2 Å². The molecule has 0 spiro atoms. The summed E-state index contributed by atoms with van der Waals surface area (Å²) in [5.41, 5.74) is 1.05. The van der Waals surface area contributed by atoms with Crippen molar-refractivity contribution < 1.29 is 9.59 Å². The molecular formula is C13H10N4O2. The Morgan fingerprint density at radius 1 is 1.26 bits per heavy atom. The Bertz CT molecular complexity index is 639. The van der Waals surface area contributed by atoms with Crippen LogP contribution in [0.15, 0.2) is 18.2 Å². The molecule has 1 aliphatic rings. The molecule has 1 heterocycles. The third kappa shape index (κ3) is 2.24. The molecule has 1 N–H and O–H groups in total. The first-order chi connectivity index (χ1) is 9.06. The van der Waals surface area contributed by atoms with E-state index >= 15 is 0 Å². The highest BCUT2D eigenvalue weighted by Gasteiger charge is 2.35. The van der Waals surface area contributed by atoms with Gasteiger partial charge in [-0.25, -0.2) is 0 Å². The number of amides is 2. The zero-order valence-corrected chi connectivity index (χ0v) is 10.2. The zero-order chi connectivity index (χ0) is 14.0. The number of likely N-dealkylation sites (N-methyl/N-ethyl adjacent to an activating group) is 1. The lowest BCUT2D eigenvalue weighted by Gasteiger charge is -2.12. The van der Waals surface area contributed by atoms with Crippen LogP contribution in [-0.4, -0.2) is 29.8 Å². The molecule has 0 bridgehead atoms. The van der Waals surface area contributed by atoms with Crippen LogP contribution in [0.5, 0.6) is 0 Å². The smallest absolute Gasteiger partial charge is 0.251 e. The minimum Gasteiger partial charge on any atom is -0.373 e. The normalized spacial score (nSPS) is 18.1. The summed E-state index contributed by atoms with van der Waals surface area (Å²) < 4.78 is 0. The van der Waals surface area contributed by atoms with Crippen LogP contribution in [0.4, 0.5) is 5.69 Å². The molecule has 0 radical (unpaired) electrons. The molecular weight excluding hydrogens is 244 g/mol. The van der Waals surface area contributed by atoms with Crippen LogP contribution in [0.25, 0.3) is 0 Å². The zero-order valence-electron chi connectivity index (χ0n) is 10.2. The first-order valence-electron chi connectivity index (χ1n) is 5.58. The number of rotatable bonds is 2. The van der Waals surface area contributed by atoms with Crippen molar-refractivity contribution in [3.63, 3.8) is 0 Å². The number of likely N-dealkylation sites (tertiary alicyclic amines) is 1. The predicted molar refractivity (Wildman–Crippen MR) is 65.7 cm³/mol. The summed E-state index contributed by atoms with van der Waals surface area (Å²) in [5.74, 6) is -0.537. The average Bonchev–Trinajstić information content (AvgIpc) is 2.66. The van der Waals surface area contributed by atoms with Crippen molar-refractivity contribution in [2.45, 2.75) is 12.5 Å². The molecule has 0 saturated carbocycles. The number of hydrogen-bond acceptors (Lipinski definition) is 5. The number of carbonyl (C=O) groups excluding carboxylic acids is 2. The molecule has 1 aromatic carbocycles. The summed E-state index contributed by atoms with van der Waals surface area (Å²) in [5, 5.41) is 20.6. The molecule has 1 fully saturated rings. The van der Waals surface area contributed by atoms with Crippen LogP contribution in [0.1, 0.15) is 17.5 Å². The maximum atomic E-state index is 11.7. The highest BCUT2D eigenvalue weighted by atomic mass is 16.2. The molecule has 0 aliphatic carbocycles. The van der Waals surface area contributed by atoms with Gasteiger partial charge in [0.25, 0.3) is 5.91 Å². The largest absolute Gasteiger partial charge is 0.373 e. The number of nitrogens with zero attached hydrogens (tertiary/aromatic N) is 3. The van der Waals surface area contributed by atoms with E-state index in [9.17, 15) is 9.59 Å². The van der Waals surface area contributed by atoms with E-state index < -0.39 is 6.04 Å². The Kier molecular flexibility index (Phi) is 3.17. The third-order valence-corrected chi connectivity index (χ3v) is 2.98. The van der Waals surface area contributed by atoms with Gasteiger partial charge in [-0.1, -0.05) is 0 Å². The first kappa shape index (κ1) is 12.6. The van der Waals surface area contributed by atoms with Gasteiger partial charge in [-0.15, -0.1) is 0 Å². The monoisotopic (exact) mass is 254 g/mol. The number of imide groups is 1. The van der Waals surface area contributed by atoms with Crippen molar-refractivity contribution in [3.8, 4) is 12.1 Å². The fourth-order valence-corrected chi connectivity index (χ4v) is 1.89. The lowest BCUT2D eigenvalue weighted by atomic mass is 10.1. The van der Waals surface area contributed by atoms with Gasteiger partial charge in [0.2, 0.25) is 5.91 Å². The van der Waals surface area contributed by atoms with Gasteiger partial charge >= 0.3 is 0 Å². The highest BCUT2D eigenvalue weighted by molar-refractivity contribution is 6.06. The number of anilines is 1. The summed E-state index contributed by atoms with van der Waals surface area (Å²) in [4.78, 5) is 24.2. The quantitative estimate of drug-likeness (QED) is 0.779. The third-order valence-electron chi connectivity index (χ3n) is 2.98. The molecule has 0 aromatic heterocycles. The Morgan fingerprint density at radius 3 is 2.47 bits per heavy atom. The van der Waals surface area contributed by atoms with Crippen molar-refractivity contribution in [1.29, 1.82) is 10.5 Å². The minimum atomic E-state index is -0.614. The molecule has 1 aromatic rings. The van der Waals surface area contributed by atoms with E-state index in [1.807, 2.05) is 12.1 Å². The second kappa shape index (κ2) is 4.79. The standard InChI is InChI=1S/C13H10N4O2/c1-17-12(18)5-11(13(17)19)16-10-3-2-8(6-14)9(4-10)7-15/h2-4,11,16H,5H2,1H3. The highest BCUT2D eigenvalue weighted by Crippen LogP contribution is 2.19. The molecule has 6 heteroatoms. The van der Waals surface area contributed by atoms with E-state index in [4.69, 9.17) is 10.5 Å². The lowest BCUT2D eigenvalue weighted by molar-refractivity contribution is -0.136. The summed E-state index contributed by atoms with van der Waals surface area (Å²) in [6.45, 7) is 0. The van der Waals surface area contributed by atoms with Gasteiger partial charge in [0, 0.05) is 12.7 Å². The Labute approximate surface area is 109 Å². The molecule has 1 unspecified atom stereocenters. The Balaban J connectivity index is 2.22. The van der Waals surface area contributed by atoms with Crippen molar-refractivity contribution >= 4 is 17.5 Å². The first-order valence-corrected chi connectivity index (χ1v) is 5.58. The lowest BCUT2D eigenvalue weighted by Crippen LogP contribution is -2.31. The summed E-state index contributed by atoms with van der Waals surface area (Å²) >= 11 is 0. The van der Waals surface area contributed by atoms with Crippen molar-refractivity contribution in [1.82, 2.24) is 4.90 Å². The summed E-state index contributed by atoms with van der Waals surface area (Å²) in [6, 6.07) is 7.82. The fourth-order valence-electron chi connectivity index (χ4n) is 1.89. The molecule has 94 valence electrons. The second-order valence-corrected chi connectivity index (χ2v) is 4.18. The van der Waals surface area contributed by atoms with E-state index in [0.717, 1.165) is 4.90 Å². The van der Waals surface area contributed by atoms with Crippen LogP contribution in [0, 0.1) is 22.7 Å². The van der Waals surface area contributed by atoms with Crippen LogP contribution >= 0.6 is 0 Å². The molecule has 1 saturated heterocycles. The second-order valence-electron chi connectivity index (χ2n) is 4.18. The number of hydrogen-bond donors (Lipinski definition) is 1. The Hall–Kier alpha value is -2.86. The average molecular weight is 254 g/mol. The summed E-state index contributed by atoms with van der Waals surface area (Å²) in [6.07, 6.45) is 0.0945. The molecule has 1 aliphatic heterocycles. The number of carbonyl (C=O) groups is 2. The van der Waals surface area contributed by atoms with Gasteiger partial charge in [-0.3, -0.25) is 14.5 Å². The van der Waals surface area contributed by atoms with Crippen molar-refractivity contribution in [2.75, 3.05) is 12.4 Å². The Morgan fingerprint density at radius 2 is 1.95 bits per heavy atom. The maximum absolute atomic E-state index is 11.7.